The molecule has 2 N–H and O–H groups in total. The fourth-order valence-electron chi connectivity index (χ4n) is 1.44. The maximum Gasteiger partial charge on any atom is 0.230 e. The van der Waals surface area contributed by atoms with Gasteiger partial charge < -0.3 is 10.4 Å². The molecule has 1 rings (SSSR count). The maximum absolute atomic E-state index is 10.1. The van der Waals surface area contributed by atoms with E-state index in [1.807, 2.05) is 19.1 Å². The topological polar surface area (TPSA) is 75.4 Å². The van der Waals surface area contributed by atoms with Crippen molar-refractivity contribution in [2.45, 2.75) is 31.5 Å². The van der Waals surface area contributed by atoms with Crippen molar-refractivity contribution in [2.75, 3.05) is 6.54 Å². The highest BCUT2D eigenvalue weighted by atomic mass is 16.6. The van der Waals surface area contributed by atoms with Gasteiger partial charge in [-0.2, -0.15) is 0 Å². The SMILES string of the molecule is CC1C=CCC(C(O)C[N+](=O)[O-])N1. The smallest absolute Gasteiger partial charge is 0.230 e. The number of hydrogen-bond donors (Lipinski definition) is 2. The second-order valence-corrected chi connectivity index (χ2v) is 3.31. The van der Waals surface area contributed by atoms with Gasteiger partial charge in [0.15, 0.2) is 0 Å². The average molecular weight is 186 g/mol. The van der Waals surface area contributed by atoms with Crippen LogP contribution in [0, 0.1) is 10.1 Å². The molecule has 0 amide bonds. The second kappa shape index (κ2) is 4.34. The lowest BCUT2D eigenvalue weighted by atomic mass is 10.0. The van der Waals surface area contributed by atoms with Crippen molar-refractivity contribution in [1.29, 1.82) is 0 Å². The Morgan fingerprint density at radius 2 is 2.54 bits per heavy atom. The predicted octanol–water partition coefficient (Wildman–Crippen LogP) is -0.0694. The zero-order valence-electron chi connectivity index (χ0n) is 7.51. The van der Waals surface area contributed by atoms with E-state index in [0.717, 1.165) is 0 Å². The summed E-state index contributed by atoms with van der Waals surface area (Å²) in [5.41, 5.74) is 0. The molecule has 1 aliphatic rings. The third-order valence-corrected chi connectivity index (χ3v) is 2.09. The largest absolute Gasteiger partial charge is 0.385 e. The zero-order chi connectivity index (χ0) is 9.84. The Morgan fingerprint density at radius 1 is 1.85 bits per heavy atom. The van der Waals surface area contributed by atoms with Crippen LogP contribution in [0.1, 0.15) is 13.3 Å². The Balaban J connectivity index is 2.43. The minimum atomic E-state index is -0.901. The van der Waals surface area contributed by atoms with Gasteiger partial charge in [0.1, 0.15) is 6.10 Å². The third-order valence-electron chi connectivity index (χ3n) is 2.09. The van der Waals surface area contributed by atoms with Crippen LogP contribution in [0.3, 0.4) is 0 Å². The Labute approximate surface area is 76.6 Å². The molecule has 0 spiro atoms. The molecule has 1 aliphatic heterocycles. The summed E-state index contributed by atoms with van der Waals surface area (Å²) in [5, 5.41) is 22.6. The van der Waals surface area contributed by atoms with Crippen LogP contribution >= 0.6 is 0 Å². The lowest BCUT2D eigenvalue weighted by molar-refractivity contribution is -0.491. The molecule has 1 heterocycles. The normalized spacial score (nSPS) is 30.0. The summed E-state index contributed by atoms with van der Waals surface area (Å²) in [6, 6.07) is -0.00875. The average Bonchev–Trinajstić information content (AvgIpc) is 2.03. The van der Waals surface area contributed by atoms with Crippen LogP contribution in [0.2, 0.25) is 0 Å². The maximum atomic E-state index is 10.1. The Morgan fingerprint density at radius 3 is 3.08 bits per heavy atom. The lowest BCUT2D eigenvalue weighted by Crippen LogP contribution is -2.47. The van der Waals surface area contributed by atoms with E-state index >= 15 is 0 Å². The first-order valence-corrected chi connectivity index (χ1v) is 4.32. The van der Waals surface area contributed by atoms with Gasteiger partial charge in [-0.15, -0.1) is 0 Å². The molecule has 0 saturated heterocycles. The number of aliphatic hydroxyl groups is 1. The van der Waals surface area contributed by atoms with Crippen LogP contribution in [0.4, 0.5) is 0 Å². The number of nitrogens with zero attached hydrogens (tertiary/aromatic N) is 1. The highest BCUT2D eigenvalue weighted by Crippen LogP contribution is 2.08. The molecule has 0 aromatic carbocycles. The van der Waals surface area contributed by atoms with E-state index in [0.29, 0.717) is 6.42 Å². The van der Waals surface area contributed by atoms with Gasteiger partial charge in [-0.1, -0.05) is 12.2 Å². The Hall–Kier alpha value is -0.940. The molecule has 0 radical (unpaired) electrons. The summed E-state index contributed by atoms with van der Waals surface area (Å²) in [7, 11) is 0. The molecular weight excluding hydrogens is 172 g/mol. The number of aliphatic hydroxyl groups excluding tert-OH is 1. The van der Waals surface area contributed by atoms with E-state index in [1.54, 1.807) is 0 Å². The van der Waals surface area contributed by atoms with Crippen LogP contribution in [0.25, 0.3) is 0 Å². The third kappa shape index (κ3) is 3.12. The summed E-state index contributed by atoms with van der Waals surface area (Å²) in [4.78, 5) is 9.64. The molecule has 3 unspecified atom stereocenters. The van der Waals surface area contributed by atoms with Crippen LogP contribution in [-0.2, 0) is 0 Å². The van der Waals surface area contributed by atoms with Crippen molar-refractivity contribution in [3.63, 3.8) is 0 Å². The van der Waals surface area contributed by atoms with E-state index < -0.39 is 17.6 Å². The Kier molecular flexibility index (Phi) is 3.39. The standard InChI is InChI=1S/C8H14N2O3/c1-6-3-2-4-7(9-6)8(11)5-10(12)13/h2-3,6-9,11H,4-5H2,1H3. The van der Waals surface area contributed by atoms with Gasteiger partial charge in [0.05, 0.1) is 0 Å². The van der Waals surface area contributed by atoms with Gasteiger partial charge in [0.25, 0.3) is 0 Å². The molecule has 0 bridgehead atoms. The molecule has 5 nitrogen and oxygen atoms in total. The molecule has 0 aromatic rings. The first kappa shape index (κ1) is 10.1. The van der Waals surface area contributed by atoms with Crippen molar-refractivity contribution >= 4 is 0 Å². The van der Waals surface area contributed by atoms with E-state index in [-0.39, 0.29) is 12.1 Å². The fourth-order valence-corrected chi connectivity index (χ4v) is 1.44. The molecule has 0 fully saturated rings. The molecule has 0 saturated carbocycles. The van der Waals surface area contributed by atoms with Gasteiger partial charge in [0, 0.05) is 17.0 Å². The van der Waals surface area contributed by atoms with Gasteiger partial charge in [0.2, 0.25) is 6.54 Å². The monoisotopic (exact) mass is 186 g/mol. The highest BCUT2D eigenvalue weighted by Gasteiger charge is 2.25. The number of nitrogens with one attached hydrogen (secondary N) is 1. The molecule has 13 heavy (non-hydrogen) atoms. The minimum absolute atomic E-state index is 0.181. The summed E-state index contributed by atoms with van der Waals surface area (Å²) in [6.07, 6.45) is 3.67. The summed E-state index contributed by atoms with van der Waals surface area (Å²) < 4.78 is 0. The number of rotatable bonds is 3. The van der Waals surface area contributed by atoms with Gasteiger partial charge in [-0.3, -0.25) is 10.1 Å². The summed E-state index contributed by atoms with van der Waals surface area (Å²) in [5.74, 6) is 0. The summed E-state index contributed by atoms with van der Waals surface area (Å²) >= 11 is 0. The summed E-state index contributed by atoms with van der Waals surface area (Å²) in [6.45, 7) is 1.56. The van der Waals surface area contributed by atoms with Crippen molar-refractivity contribution in [3.8, 4) is 0 Å². The molecule has 3 atom stereocenters. The van der Waals surface area contributed by atoms with Crippen LogP contribution in [-0.4, -0.2) is 34.8 Å². The first-order valence-electron chi connectivity index (χ1n) is 4.32. The van der Waals surface area contributed by atoms with Gasteiger partial charge in [-0.05, 0) is 13.3 Å². The van der Waals surface area contributed by atoms with Crippen molar-refractivity contribution in [1.82, 2.24) is 5.32 Å². The quantitative estimate of drug-likeness (QED) is 0.367. The second-order valence-electron chi connectivity index (χ2n) is 3.31. The van der Waals surface area contributed by atoms with E-state index in [2.05, 4.69) is 5.32 Å². The van der Waals surface area contributed by atoms with Crippen molar-refractivity contribution < 1.29 is 10.0 Å². The molecular formula is C8H14N2O3. The highest BCUT2D eigenvalue weighted by molar-refractivity contribution is 5.01. The molecule has 5 heteroatoms. The predicted molar refractivity (Wildman–Crippen MR) is 48.0 cm³/mol. The van der Waals surface area contributed by atoms with Gasteiger partial charge >= 0.3 is 0 Å². The molecule has 0 aliphatic carbocycles. The molecule has 0 aromatic heterocycles. The Bertz CT molecular complexity index is 217. The van der Waals surface area contributed by atoms with Crippen LogP contribution < -0.4 is 5.32 Å². The minimum Gasteiger partial charge on any atom is -0.385 e. The van der Waals surface area contributed by atoms with E-state index in [4.69, 9.17) is 0 Å². The van der Waals surface area contributed by atoms with Crippen LogP contribution in [0.5, 0.6) is 0 Å². The van der Waals surface area contributed by atoms with Gasteiger partial charge in [-0.25, -0.2) is 0 Å². The molecule has 74 valence electrons. The lowest BCUT2D eigenvalue weighted by Gasteiger charge is -2.26. The van der Waals surface area contributed by atoms with Crippen molar-refractivity contribution in [3.05, 3.63) is 22.3 Å². The van der Waals surface area contributed by atoms with E-state index in [9.17, 15) is 15.2 Å². The van der Waals surface area contributed by atoms with Crippen LogP contribution in [0.15, 0.2) is 12.2 Å². The number of hydrogen-bond acceptors (Lipinski definition) is 4. The van der Waals surface area contributed by atoms with E-state index in [1.165, 1.54) is 0 Å². The van der Waals surface area contributed by atoms with Crippen molar-refractivity contribution in [2.24, 2.45) is 0 Å². The number of nitro groups is 1. The fraction of sp³-hybridized carbons (Fsp3) is 0.750. The zero-order valence-corrected chi connectivity index (χ0v) is 7.51. The first-order chi connectivity index (χ1) is 6.09.